The number of rotatable bonds is 5. The van der Waals surface area contributed by atoms with Gasteiger partial charge in [-0.2, -0.15) is 0 Å². The Morgan fingerprint density at radius 3 is 1.82 bits per heavy atom. The third-order valence-corrected chi connectivity index (χ3v) is 10.0. The SMILES string of the molecule is c1ccc(-c2ccc3oc4c(N(c5ccc(-c6cccc7ccccc67)cc5)c5cc6ccccc6c6ccccc56)cccc4c3c2)cc1. The first-order chi connectivity index (χ1) is 24.8. The summed E-state index contributed by atoms with van der Waals surface area (Å²) in [7, 11) is 0. The van der Waals surface area contributed by atoms with E-state index in [1.54, 1.807) is 0 Å². The maximum Gasteiger partial charge on any atom is 0.159 e. The molecule has 10 rings (SSSR count). The second kappa shape index (κ2) is 11.5. The van der Waals surface area contributed by atoms with Gasteiger partial charge in [0.2, 0.25) is 0 Å². The van der Waals surface area contributed by atoms with Gasteiger partial charge in [-0.15, -0.1) is 0 Å². The standard InChI is InChI=1S/C48H31NO/c1-2-12-32(13-3-1)35-26-29-47-44(30-35)43-22-11-23-45(48(43)50-47)49(46-31-36-15-5-7-18-40(36)41-19-8-9-20-42(41)46)37-27-24-34(25-28-37)39-21-10-16-33-14-4-6-17-38(33)39/h1-31H. The number of hydrogen-bond acceptors (Lipinski definition) is 2. The van der Waals surface area contributed by atoms with E-state index in [1.807, 2.05) is 0 Å². The van der Waals surface area contributed by atoms with Gasteiger partial charge in [0.15, 0.2) is 5.58 Å². The molecule has 0 saturated heterocycles. The third-order valence-electron chi connectivity index (χ3n) is 10.0. The Morgan fingerprint density at radius 1 is 0.340 bits per heavy atom. The van der Waals surface area contributed by atoms with Crippen molar-refractivity contribution in [3.8, 4) is 22.3 Å². The molecular weight excluding hydrogens is 607 g/mol. The molecule has 0 unspecified atom stereocenters. The van der Waals surface area contributed by atoms with Gasteiger partial charge in [0.05, 0.1) is 11.4 Å². The number of benzene rings is 9. The highest BCUT2D eigenvalue weighted by Gasteiger charge is 2.22. The molecule has 0 atom stereocenters. The Hall–Kier alpha value is -6.64. The highest BCUT2D eigenvalue weighted by Crippen LogP contribution is 2.46. The largest absolute Gasteiger partial charge is 0.454 e. The van der Waals surface area contributed by atoms with Crippen LogP contribution in [-0.2, 0) is 0 Å². The Morgan fingerprint density at radius 2 is 0.980 bits per heavy atom. The molecule has 0 aliphatic carbocycles. The van der Waals surface area contributed by atoms with Crippen LogP contribution in [0.15, 0.2) is 192 Å². The summed E-state index contributed by atoms with van der Waals surface area (Å²) < 4.78 is 6.80. The van der Waals surface area contributed by atoms with Crippen LogP contribution in [0.3, 0.4) is 0 Å². The third kappa shape index (κ3) is 4.57. The zero-order valence-electron chi connectivity index (χ0n) is 27.3. The number of fused-ring (bicyclic) bond motifs is 7. The van der Waals surface area contributed by atoms with E-state index in [0.717, 1.165) is 39.0 Å². The highest BCUT2D eigenvalue weighted by molar-refractivity contribution is 6.17. The lowest BCUT2D eigenvalue weighted by Crippen LogP contribution is -2.11. The zero-order chi connectivity index (χ0) is 33.0. The molecule has 0 N–H and O–H groups in total. The van der Waals surface area contributed by atoms with Crippen molar-refractivity contribution in [1.29, 1.82) is 0 Å². The lowest BCUT2D eigenvalue weighted by atomic mass is 9.97. The average molecular weight is 638 g/mol. The number of hydrogen-bond donors (Lipinski definition) is 0. The lowest BCUT2D eigenvalue weighted by Gasteiger charge is -2.28. The molecule has 9 aromatic carbocycles. The van der Waals surface area contributed by atoms with Crippen LogP contribution < -0.4 is 4.90 Å². The predicted molar refractivity (Wildman–Crippen MR) is 212 cm³/mol. The molecule has 0 radical (unpaired) electrons. The van der Waals surface area contributed by atoms with Crippen molar-refractivity contribution < 1.29 is 4.42 Å². The number of furan rings is 1. The molecule has 1 aromatic heterocycles. The fourth-order valence-corrected chi connectivity index (χ4v) is 7.66. The summed E-state index contributed by atoms with van der Waals surface area (Å²) >= 11 is 0. The maximum atomic E-state index is 6.80. The van der Waals surface area contributed by atoms with Gasteiger partial charge < -0.3 is 9.32 Å². The van der Waals surface area contributed by atoms with Crippen molar-refractivity contribution in [3.05, 3.63) is 188 Å². The predicted octanol–water partition coefficient (Wildman–Crippen LogP) is 13.8. The summed E-state index contributed by atoms with van der Waals surface area (Å²) in [5.41, 5.74) is 9.68. The summed E-state index contributed by atoms with van der Waals surface area (Å²) in [6, 6.07) is 67.4. The number of para-hydroxylation sites is 1. The van der Waals surface area contributed by atoms with Crippen LogP contribution in [0.5, 0.6) is 0 Å². The molecule has 0 spiro atoms. The van der Waals surface area contributed by atoms with Gasteiger partial charge in [0, 0.05) is 21.8 Å². The van der Waals surface area contributed by atoms with E-state index in [4.69, 9.17) is 4.42 Å². The van der Waals surface area contributed by atoms with Gasteiger partial charge in [-0.25, -0.2) is 0 Å². The molecule has 0 aliphatic rings. The number of nitrogens with zero attached hydrogens (tertiary/aromatic N) is 1. The molecule has 0 fully saturated rings. The summed E-state index contributed by atoms with van der Waals surface area (Å²) in [4.78, 5) is 2.38. The van der Waals surface area contributed by atoms with Crippen LogP contribution in [-0.4, -0.2) is 0 Å². The minimum absolute atomic E-state index is 0.864. The Balaban J connectivity index is 1.22. The van der Waals surface area contributed by atoms with Gasteiger partial charge >= 0.3 is 0 Å². The average Bonchev–Trinajstić information content (AvgIpc) is 3.57. The van der Waals surface area contributed by atoms with Crippen molar-refractivity contribution >= 4 is 71.3 Å². The van der Waals surface area contributed by atoms with Gasteiger partial charge in [-0.1, -0.05) is 152 Å². The second-order valence-corrected chi connectivity index (χ2v) is 12.9. The van der Waals surface area contributed by atoms with Crippen LogP contribution in [0.4, 0.5) is 17.1 Å². The first kappa shape index (κ1) is 28.4. The Labute approximate surface area is 290 Å². The van der Waals surface area contributed by atoms with E-state index >= 15 is 0 Å². The zero-order valence-corrected chi connectivity index (χ0v) is 27.3. The van der Waals surface area contributed by atoms with E-state index in [1.165, 1.54) is 54.6 Å². The molecule has 0 aliphatic heterocycles. The normalized spacial score (nSPS) is 11.6. The molecule has 2 nitrogen and oxygen atoms in total. The maximum absolute atomic E-state index is 6.80. The fraction of sp³-hybridized carbons (Fsp3) is 0. The first-order valence-corrected chi connectivity index (χ1v) is 17.1. The molecular formula is C48H31NO. The molecule has 50 heavy (non-hydrogen) atoms. The molecule has 10 aromatic rings. The summed E-state index contributed by atoms with van der Waals surface area (Å²) in [6.07, 6.45) is 0. The van der Waals surface area contributed by atoms with Crippen LogP contribution >= 0.6 is 0 Å². The van der Waals surface area contributed by atoms with E-state index in [-0.39, 0.29) is 0 Å². The molecule has 234 valence electrons. The van der Waals surface area contributed by atoms with Gasteiger partial charge in [-0.05, 0) is 85.6 Å². The smallest absolute Gasteiger partial charge is 0.159 e. The minimum Gasteiger partial charge on any atom is -0.454 e. The van der Waals surface area contributed by atoms with Crippen LogP contribution in [0.25, 0.3) is 76.5 Å². The van der Waals surface area contributed by atoms with Crippen LogP contribution in [0, 0.1) is 0 Å². The Kier molecular flexibility index (Phi) is 6.53. The van der Waals surface area contributed by atoms with Gasteiger partial charge in [0.25, 0.3) is 0 Å². The van der Waals surface area contributed by atoms with E-state index in [9.17, 15) is 0 Å². The summed E-state index contributed by atoms with van der Waals surface area (Å²) in [5, 5.41) is 9.55. The molecule has 2 heteroatoms. The molecule has 0 saturated carbocycles. The second-order valence-electron chi connectivity index (χ2n) is 12.9. The van der Waals surface area contributed by atoms with E-state index in [0.29, 0.717) is 0 Å². The van der Waals surface area contributed by atoms with E-state index < -0.39 is 0 Å². The van der Waals surface area contributed by atoms with Crippen LogP contribution in [0.1, 0.15) is 0 Å². The van der Waals surface area contributed by atoms with Crippen molar-refractivity contribution in [2.75, 3.05) is 4.90 Å². The first-order valence-electron chi connectivity index (χ1n) is 17.1. The topological polar surface area (TPSA) is 16.4 Å². The summed E-state index contributed by atoms with van der Waals surface area (Å²) in [5.74, 6) is 0. The van der Waals surface area contributed by atoms with Crippen LogP contribution in [0.2, 0.25) is 0 Å². The summed E-state index contributed by atoms with van der Waals surface area (Å²) in [6.45, 7) is 0. The quantitative estimate of drug-likeness (QED) is 0.175. The number of anilines is 3. The lowest BCUT2D eigenvalue weighted by molar-refractivity contribution is 0.669. The van der Waals surface area contributed by atoms with Crippen molar-refractivity contribution in [1.82, 2.24) is 0 Å². The van der Waals surface area contributed by atoms with E-state index in [2.05, 4.69) is 193 Å². The van der Waals surface area contributed by atoms with Crippen molar-refractivity contribution in [3.63, 3.8) is 0 Å². The monoisotopic (exact) mass is 637 g/mol. The molecule has 0 amide bonds. The molecule has 0 bridgehead atoms. The molecule has 1 heterocycles. The minimum atomic E-state index is 0.864. The Bertz CT molecular complexity index is 2860. The van der Waals surface area contributed by atoms with Gasteiger partial charge in [-0.3, -0.25) is 0 Å². The van der Waals surface area contributed by atoms with Crippen molar-refractivity contribution in [2.45, 2.75) is 0 Å². The van der Waals surface area contributed by atoms with Crippen molar-refractivity contribution in [2.24, 2.45) is 0 Å². The fourth-order valence-electron chi connectivity index (χ4n) is 7.66. The highest BCUT2D eigenvalue weighted by atomic mass is 16.3. The van der Waals surface area contributed by atoms with Gasteiger partial charge in [0.1, 0.15) is 5.58 Å².